The molecule has 0 saturated heterocycles. The zero-order valence-electron chi connectivity index (χ0n) is 11.9. The molecular weight excluding hydrogens is 236 g/mol. The third-order valence-corrected chi connectivity index (χ3v) is 4.26. The molecule has 1 amide bonds. The Balaban J connectivity index is 2.01. The Kier molecular flexibility index (Phi) is 4.59. The maximum absolute atomic E-state index is 12.5. The third kappa shape index (κ3) is 3.35. The van der Waals surface area contributed by atoms with E-state index in [9.17, 15) is 4.79 Å². The molecule has 3 nitrogen and oxygen atoms in total. The van der Waals surface area contributed by atoms with Crippen LogP contribution in [0.1, 0.15) is 38.2 Å². The molecule has 0 atom stereocenters. The lowest BCUT2D eigenvalue weighted by Gasteiger charge is -2.29. The Morgan fingerprint density at radius 2 is 1.79 bits per heavy atom. The van der Waals surface area contributed by atoms with Crippen molar-refractivity contribution >= 4 is 11.6 Å². The van der Waals surface area contributed by atoms with Crippen LogP contribution >= 0.6 is 0 Å². The highest BCUT2D eigenvalue weighted by atomic mass is 16.2. The summed E-state index contributed by atoms with van der Waals surface area (Å²) >= 11 is 0. The Labute approximate surface area is 115 Å². The number of hydrogen-bond acceptors (Lipinski definition) is 2. The molecule has 0 bridgehead atoms. The van der Waals surface area contributed by atoms with Crippen molar-refractivity contribution in [2.75, 3.05) is 11.9 Å². The Morgan fingerprint density at radius 1 is 1.21 bits per heavy atom. The van der Waals surface area contributed by atoms with Crippen molar-refractivity contribution in [3.8, 4) is 0 Å². The molecule has 0 heterocycles. The minimum absolute atomic E-state index is 0.204. The third-order valence-electron chi connectivity index (χ3n) is 4.26. The van der Waals surface area contributed by atoms with Gasteiger partial charge in [0.2, 0.25) is 5.91 Å². The molecule has 1 aromatic carbocycles. The molecule has 1 fully saturated rings. The number of carbonyl (C=O) groups excluding carboxylic acids is 1. The molecule has 2 rings (SSSR count). The zero-order valence-corrected chi connectivity index (χ0v) is 11.9. The number of hydrogen-bond donors (Lipinski definition) is 1. The second-order valence-electron chi connectivity index (χ2n) is 5.72. The Morgan fingerprint density at radius 3 is 2.32 bits per heavy atom. The van der Waals surface area contributed by atoms with Crippen molar-refractivity contribution in [1.29, 1.82) is 0 Å². The number of nitrogens with two attached hydrogens (primary N) is 1. The topological polar surface area (TPSA) is 46.3 Å². The predicted octanol–water partition coefficient (Wildman–Crippen LogP) is 2.93. The fraction of sp³-hybridized carbons (Fsp3) is 0.562. The smallest absolute Gasteiger partial charge is 0.229 e. The number of nitrogens with zero attached hydrogens (tertiary/aromatic N) is 1. The van der Waals surface area contributed by atoms with Crippen LogP contribution in [0, 0.1) is 11.8 Å². The average Bonchev–Trinajstić information content (AvgIpc) is 2.46. The summed E-state index contributed by atoms with van der Waals surface area (Å²) < 4.78 is 0. The lowest BCUT2D eigenvalue weighted by molar-refractivity contribution is -0.123. The van der Waals surface area contributed by atoms with Crippen LogP contribution in [0.15, 0.2) is 24.3 Å². The van der Waals surface area contributed by atoms with E-state index in [0.29, 0.717) is 6.54 Å². The molecule has 0 spiro atoms. The standard InChI is InChI=1S/C16H24N2O/c1-12-3-7-14(8-4-12)16(19)18(2)15-9-5-13(11-17)6-10-15/h5-6,9-10,12,14H,3-4,7-8,11,17H2,1-2H3. The maximum atomic E-state index is 12.5. The fourth-order valence-corrected chi connectivity index (χ4v) is 2.76. The predicted molar refractivity (Wildman–Crippen MR) is 78.9 cm³/mol. The summed E-state index contributed by atoms with van der Waals surface area (Å²) in [5.74, 6) is 1.24. The van der Waals surface area contributed by atoms with Gasteiger partial charge in [0.05, 0.1) is 0 Å². The van der Waals surface area contributed by atoms with Gasteiger partial charge in [0.15, 0.2) is 0 Å². The lowest BCUT2D eigenvalue weighted by atomic mass is 9.82. The van der Waals surface area contributed by atoms with Crippen molar-refractivity contribution < 1.29 is 4.79 Å². The molecule has 1 aromatic rings. The SMILES string of the molecule is CC1CCC(C(=O)N(C)c2ccc(CN)cc2)CC1. The summed E-state index contributed by atoms with van der Waals surface area (Å²) in [7, 11) is 1.87. The second-order valence-corrected chi connectivity index (χ2v) is 5.72. The van der Waals surface area contributed by atoms with Crippen molar-refractivity contribution in [3.63, 3.8) is 0 Å². The highest BCUT2D eigenvalue weighted by molar-refractivity contribution is 5.94. The van der Waals surface area contributed by atoms with E-state index >= 15 is 0 Å². The number of rotatable bonds is 3. The van der Waals surface area contributed by atoms with Gasteiger partial charge in [0.25, 0.3) is 0 Å². The molecule has 3 heteroatoms. The molecule has 0 unspecified atom stereocenters. The molecule has 0 aromatic heterocycles. The van der Waals surface area contributed by atoms with Crippen LogP contribution in [0.4, 0.5) is 5.69 Å². The van der Waals surface area contributed by atoms with E-state index in [1.807, 2.05) is 31.3 Å². The molecule has 19 heavy (non-hydrogen) atoms. The molecule has 2 N–H and O–H groups in total. The summed E-state index contributed by atoms with van der Waals surface area (Å²) in [5.41, 5.74) is 7.64. The minimum Gasteiger partial charge on any atom is -0.326 e. The number of anilines is 1. The van der Waals surface area contributed by atoms with E-state index < -0.39 is 0 Å². The van der Waals surface area contributed by atoms with Gasteiger partial charge in [-0.25, -0.2) is 0 Å². The first kappa shape index (κ1) is 14.1. The van der Waals surface area contributed by atoms with Gasteiger partial charge >= 0.3 is 0 Å². The van der Waals surface area contributed by atoms with Gasteiger partial charge in [-0.2, -0.15) is 0 Å². The molecule has 1 aliphatic carbocycles. The van der Waals surface area contributed by atoms with Crippen LogP contribution in [-0.4, -0.2) is 13.0 Å². The summed E-state index contributed by atoms with van der Waals surface area (Å²) in [5, 5.41) is 0. The van der Waals surface area contributed by atoms with Crippen LogP contribution in [0.2, 0.25) is 0 Å². The fourth-order valence-electron chi connectivity index (χ4n) is 2.76. The monoisotopic (exact) mass is 260 g/mol. The van der Waals surface area contributed by atoms with Crippen LogP contribution in [0.5, 0.6) is 0 Å². The second kappa shape index (κ2) is 6.20. The van der Waals surface area contributed by atoms with Crippen LogP contribution in [0.25, 0.3) is 0 Å². The quantitative estimate of drug-likeness (QED) is 0.908. The summed E-state index contributed by atoms with van der Waals surface area (Å²) in [6.45, 7) is 2.81. The van der Waals surface area contributed by atoms with Gasteiger partial charge in [-0.3, -0.25) is 4.79 Å². The van der Waals surface area contributed by atoms with Crippen molar-refractivity contribution in [2.24, 2.45) is 17.6 Å². The van der Waals surface area contributed by atoms with Gasteiger partial charge in [0.1, 0.15) is 0 Å². The van der Waals surface area contributed by atoms with Gasteiger partial charge < -0.3 is 10.6 Å². The largest absolute Gasteiger partial charge is 0.326 e. The first-order valence-corrected chi connectivity index (χ1v) is 7.18. The van der Waals surface area contributed by atoms with Gasteiger partial charge in [-0.15, -0.1) is 0 Å². The minimum atomic E-state index is 0.204. The molecule has 104 valence electrons. The Hall–Kier alpha value is -1.35. The van der Waals surface area contributed by atoms with Crippen molar-refractivity contribution in [1.82, 2.24) is 0 Å². The van der Waals surface area contributed by atoms with E-state index in [1.165, 1.54) is 12.8 Å². The highest BCUT2D eigenvalue weighted by Crippen LogP contribution is 2.30. The van der Waals surface area contributed by atoms with Crippen LogP contribution in [0.3, 0.4) is 0 Å². The molecule has 0 aliphatic heterocycles. The summed E-state index contributed by atoms with van der Waals surface area (Å²) in [6, 6.07) is 7.93. The summed E-state index contributed by atoms with van der Waals surface area (Å²) in [6.07, 6.45) is 4.42. The van der Waals surface area contributed by atoms with E-state index in [1.54, 1.807) is 4.90 Å². The summed E-state index contributed by atoms with van der Waals surface area (Å²) in [4.78, 5) is 14.3. The van der Waals surface area contributed by atoms with Crippen molar-refractivity contribution in [2.45, 2.75) is 39.2 Å². The van der Waals surface area contributed by atoms with Crippen molar-refractivity contribution in [3.05, 3.63) is 29.8 Å². The zero-order chi connectivity index (χ0) is 13.8. The maximum Gasteiger partial charge on any atom is 0.229 e. The molecular formula is C16H24N2O. The number of benzene rings is 1. The average molecular weight is 260 g/mol. The Bertz CT molecular complexity index is 419. The van der Waals surface area contributed by atoms with E-state index in [0.717, 1.165) is 30.0 Å². The highest BCUT2D eigenvalue weighted by Gasteiger charge is 2.27. The normalized spacial score (nSPS) is 23.1. The van der Waals surface area contributed by atoms with Crippen LogP contribution in [-0.2, 0) is 11.3 Å². The molecule has 1 aliphatic rings. The lowest BCUT2D eigenvalue weighted by Crippen LogP contribution is -2.34. The van der Waals surface area contributed by atoms with Gasteiger partial charge in [-0.1, -0.05) is 19.1 Å². The van der Waals surface area contributed by atoms with E-state index in [2.05, 4.69) is 6.92 Å². The molecule has 0 radical (unpaired) electrons. The van der Waals surface area contributed by atoms with Gasteiger partial charge in [-0.05, 0) is 49.3 Å². The first-order chi connectivity index (χ1) is 9.11. The first-order valence-electron chi connectivity index (χ1n) is 7.18. The molecule has 1 saturated carbocycles. The van der Waals surface area contributed by atoms with Gasteiger partial charge in [0, 0.05) is 25.2 Å². The van der Waals surface area contributed by atoms with E-state index in [-0.39, 0.29) is 11.8 Å². The van der Waals surface area contributed by atoms with E-state index in [4.69, 9.17) is 5.73 Å². The number of carbonyl (C=O) groups is 1. The van der Waals surface area contributed by atoms with Crippen LogP contribution < -0.4 is 10.6 Å². The number of amides is 1.